The van der Waals surface area contributed by atoms with Crippen LogP contribution in [0.3, 0.4) is 0 Å². The number of pyridine rings is 1. The summed E-state index contributed by atoms with van der Waals surface area (Å²) in [5.74, 6) is 0.249. The third kappa shape index (κ3) is 4.33. The zero-order chi connectivity index (χ0) is 18.7. The molecule has 5 nitrogen and oxygen atoms in total. The fraction of sp³-hybridized carbons (Fsp3) is 0.105. The second-order valence-corrected chi connectivity index (χ2v) is 8.03. The van der Waals surface area contributed by atoms with Crippen LogP contribution in [0.2, 0.25) is 5.02 Å². The number of halogens is 1. The van der Waals surface area contributed by atoms with Crippen LogP contribution in [-0.2, 0) is 10.0 Å². The van der Waals surface area contributed by atoms with Crippen molar-refractivity contribution >= 4 is 38.8 Å². The monoisotopic (exact) mass is 387 g/mol. The predicted molar refractivity (Wildman–Crippen MR) is 106 cm³/mol. The molecule has 0 amide bonds. The van der Waals surface area contributed by atoms with Crippen LogP contribution in [0.25, 0.3) is 0 Å². The van der Waals surface area contributed by atoms with Gasteiger partial charge in [-0.2, -0.15) is 0 Å². The number of hydrogen-bond acceptors (Lipinski definition) is 4. The summed E-state index contributed by atoms with van der Waals surface area (Å²) in [6, 6.07) is 15.7. The van der Waals surface area contributed by atoms with E-state index in [2.05, 4.69) is 15.0 Å². The van der Waals surface area contributed by atoms with Crippen molar-refractivity contribution in [1.29, 1.82) is 0 Å². The van der Waals surface area contributed by atoms with E-state index in [9.17, 15) is 8.42 Å². The standard InChI is InChI=1S/C19H18ClN3O2S/c1-13-4-3-5-17(10-13)26(24,25)23-19-9-8-16(12-21-19)22-15-7-6-14(2)18(20)11-15/h3-12,22H,1-2H3,(H,21,23). The Balaban J connectivity index is 1.74. The molecular formula is C19H18ClN3O2S. The van der Waals surface area contributed by atoms with E-state index in [4.69, 9.17) is 11.6 Å². The first-order chi connectivity index (χ1) is 12.3. The minimum atomic E-state index is -3.67. The third-order valence-corrected chi connectivity index (χ3v) is 5.52. The number of aryl methyl sites for hydroxylation is 2. The molecular weight excluding hydrogens is 370 g/mol. The number of aromatic nitrogens is 1. The summed E-state index contributed by atoms with van der Waals surface area (Å²) in [4.78, 5) is 4.37. The van der Waals surface area contributed by atoms with Crippen molar-refractivity contribution in [3.63, 3.8) is 0 Å². The second-order valence-electron chi connectivity index (χ2n) is 5.94. The Kier molecular flexibility index (Phi) is 5.15. The van der Waals surface area contributed by atoms with Gasteiger partial charge in [0.15, 0.2) is 0 Å². The first-order valence-corrected chi connectivity index (χ1v) is 9.78. The number of anilines is 3. The normalized spacial score (nSPS) is 11.2. The van der Waals surface area contributed by atoms with Gasteiger partial charge in [0.25, 0.3) is 10.0 Å². The van der Waals surface area contributed by atoms with Gasteiger partial charge in [0.1, 0.15) is 5.82 Å². The molecule has 0 spiro atoms. The molecule has 1 aromatic heterocycles. The zero-order valence-corrected chi connectivity index (χ0v) is 15.9. The number of sulfonamides is 1. The highest BCUT2D eigenvalue weighted by molar-refractivity contribution is 7.92. The zero-order valence-electron chi connectivity index (χ0n) is 14.3. The Hall–Kier alpha value is -2.57. The predicted octanol–water partition coefficient (Wildman–Crippen LogP) is 4.90. The molecule has 1 heterocycles. The summed E-state index contributed by atoms with van der Waals surface area (Å²) in [5, 5.41) is 3.85. The van der Waals surface area contributed by atoms with Crippen molar-refractivity contribution in [2.24, 2.45) is 0 Å². The molecule has 7 heteroatoms. The lowest BCUT2D eigenvalue weighted by molar-refractivity contribution is 0.601. The van der Waals surface area contributed by atoms with Crippen LogP contribution in [0, 0.1) is 13.8 Å². The number of benzene rings is 2. The molecule has 0 saturated heterocycles. The quantitative estimate of drug-likeness (QED) is 0.653. The summed E-state index contributed by atoms with van der Waals surface area (Å²) < 4.78 is 27.3. The molecule has 2 aromatic carbocycles. The average Bonchev–Trinajstić information content (AvgIpc) is 2.60. The topological polar surface area (TPSA) is 71.1 Å². The molecule has 0 fully saturated rings. The number of hydrogen-bond donors (Lipinski definition) is 2. The minimum Gasteiger partial charge on any atom is -0.354 e. The van der Waals surface area contributed by atoms with E-state index in [1.54, 1.807) is 36.5 Å². The highest BCUT2D eigenvalue weighted by Gasteiger charge is 2.14. The van der Waals surface area contributed by atoms with Crippen molar-refractivity contribution in [1.82, 2.24) is 4.98 Å². The van der Waals surface area contributed by atoms with Gasteiger partial charge in [0, 0.05) is 10.7 Å². The summed E-state index contributed by atoms with van der Waals surface area (Å²) in [5.41, 5.74) is 3.42. The molecule has 0 aliphatic carbocycles. The van der Waals surface area contributed by atoms with Crippen LogP contribution in [0.4, 0.5) is 17.2 Å². The van der Waals surface area contributed by atoms with Gasteiger partial charge < -0.3 is 5.32 Å². The van der Waals surface area contributed by atoms with Gasteiger partial charge in [-0.15, -0.1) is 0 Å². The Morgan fingerprint density at radius 1 is 0.962 bits per heavy atom. The molecule has 0 unspecified atom stereocenters. The summed E-state index contributed by atoms with van der Waals surface area (Å²) in [6.45, 7) is 3.78. The summed E-state index contributed by atoms with van der Waals surface area (Å²) >= 11 is 6.11. The lowest BCUT2D eigenvalue weighted by Crippen LogP contribution is -2.14. The van der Waals surface area contributed by atoms with Crippen molar-refractivity contribution in [2.45, 2.75) is 18.7 Å². The van der Waals surface area contributed by atoms with Gasteiger partial charge in [0.2, 0.25) is 0 Å². The van der Waals surface area contributed by atoms with E-state index >= 15 is 0 Å². The molecule has 0 saturated carbocycles. The molecule has 2 N–H and O–H groups in total. The fourth-order valence-corrected chi connectivity index (χ4v) is 3.64. The van der Waals surface area contributed by atoms with Gasteiger partial charge in [-0.25, -0.2) is 13.4 Å². The van der Waals surface area contributed by atoms with Crippen LogP contribution in [-0.4, -0.2) is 13.4 Å². The molecule has 0 bridgehead atoms. The highest BCUT2D eigenvalue weighted by Crippen LogP contribution is 2.23. The van der Waals surface area contributed by atoms with Gasteiger partial charge >= 0.3 is 0 Å². The fourth-order valence-electron chi connectivity index (χ4n) is 2.34. The largest absolute Gasteiger partial charge is 0.354 e. The molecule has 0 aliphatic rings. The molecule has 3 rings (SSSR count). The van der Waals surface area contributed by atoms with Crippen molar-refractivity contribution in [2.75, 3.05) is 10.0 Å². The van der Waals surface area contributed by atoms with Crippen LogP contribution in [0.5, 0.6) is 0 Å². The third-order valence-electron chi connectivity index (χ3n) is 3.76. The SMILES string of the molecule is Cc1cccc(S(=O)(=O)Nc2ccc(Nc3ccc(C)c(Cl)c3)cn2)c1. The average molecular weight is 388 g/mol. The van der Waals surface area contributed by atoms with E-state index in [0.29, 0.717) is 5.02 Å². The number of nitrogens with zero attached hydrogens (tertiary/aromatic N) is 1. The summed E-state index contributed by atoms with van der Waals surface area (Å²) in [6.07, 6.45) is 1.56. The maximum Gasteiger partial charge on any atom is 0.263 e. The highest BCUT2D eigenvalue weighted by atomic mass is 35.5. The van der Waals surface area contributed by atoms with Gasteiger partial charge in [0.05, 0.1) is 16.8 Å². The Labute approximate surface area is 158 Å². The van der Waals surface area contributed by atoms with E-state index < -0.39 is 10.0 Å². The van der Waals surface area contributed by atoms with Crippen LogP contribution >= 0.6 is 11.6 Å². The first kappa shape index (κ1) is 18.2. The van der Waals surface area contributed by atoms with Crippen LogP contribution < -0.4 is 10.0 Å². The van der Waals surface area contributed by atoms with Crippen molar-refractivity contribution in [3.8, 4) is 0 Å². The van der Waals surface area contributed by atoms with Crippen molar-refractivity contribution in [3.05, 3.63) is 76.9 Å². The maximum atomic E-state index is 12.4. The number of rotatable bonds is 5. The summed E-state index contributed by atoms with van der Waals surface area (Å²) in [7, 11) is -3.67. The van der Waals surface area contributed by atoms with Crippen molar-refractivity contribution < 1.29 is 8.42 Å². The van der Waals surface area contributed by atoms with Gasteiger partial charge in [-0.3, -0.25) is 4.72 Å². The van der Waals surface area contributed by atoms with E-state index in [1.165, 1.54) is 0 Å². The van der Waals surface area contributed by atoms with Crippen LogP contribution in [0.15, 0.2) is 65.7 Å². The molecule has 0 aliphatic heterocycles. The molecule has 3 aromatic rings. The lowest BCUT2D eigenvalue weighted by atomic mass is 10.2. The van der Waals surface area contributed by atoms with E-state index in [1.807, 2.05) is 38.1 Å². The Morgan fingerprint density at radius 3 is 2.38 bits per heavy atom. The smallest absolute Gasteiger partial charge is 0.263 e. The van der Waals surface area contributed by atoms with Gasteiger partial charge in [-0.1, -0.05) is 29.8 Å². The molecule has 26 heavy (non-hydrogen) atoms. The Bertz CT molecular complexity index is 1030. The minimum absolute atomic E-state index is 0.204. The Morgan fingerprint density at radius 2 is 1.73 bits per heavy atom. The first-order valence-electron chi connectivity index (χ1n) is 7.92. The molecule has 0 atom stereocenters. The lowest BCUT2D eigenvalue weighted by Gasteiger charge is -2.10. The van der Waals surface area contributed by atoms with Gasteiger partial charge in [-0.05, 0) is 61.4 Å². The molecule has 0 radical (unpaired) electrons. The number of nitrogens with one attached hydrogen (secondary N) is 2. The maximum absolute atomic E-state index is 12.4. The van der Waals surface area contributed by atoms with Crippen LogP contribution in [0.1, 0.15) is 11.1 Å². The van der Waals surface area contributed by atoms with E-state index in [0.717, 1.165) is 22.5 Å². The second kappa shape index (κ2) is 7.35. The molecule has 134 valence electrons. The van der Waals surface area contributed by atoms with E-state index in [-0.39, 0.29) is 10.7 Å².